The second kappa shape index (κ2) is 10.2. The highest BCUT2D eigenvalue weighted by atomic mass is 35.5. The molecule has 0 fully saturated rings. The number of aryl methyl sites for hydroxylation is 3. The predicted octanol–water partition coefficient (Wildman–Crippen LogP) is 8.22. The van der Waals surface area contributed by atoms with Crippen molar-refractivity contribution in [2.45, 2.75) is 52.8 Å². The lowest BCUT2D eigenvalue weighted by Gasteiger charge is -2.28. The maximum absolute atomic E-state index is 15.0. The van der Waals surface area contributed by atoms with Gasteiger partial charge in [-0.1, -0.05) is 43.6 Å². The zero-order valence-corrected chi connectivity index (χ0v) is 23.6. The molecule has 4 heterocycles. The van der Waals surface area contributed by atoms with Crippen LogP contribution in [0.5, 0.6) is 0 Å². The number of para-hydroxylation sites is 1. The molecule has 0 spiro atoms. The van der Waals surface area contributed by atoms with Crippen LogP contribution in [0.15, 0.2) is 48.8 Å². The Morgan fingerprint density at radius 1 is 1.07 bits per heavy atom. The molecule has 3 aromatic heterocycles. The topological polar surface area (TPSA) is 49.7 Å². The number of nitrogens with zero attached hydrogens (tertiary/aromatic N) is 4. The number of alkyl halides is 3. The summed E-state index contributed by atoms with van der Waals surface area (Å²) >= 11 is 6.75. The van der Waals surface area contributed by atoms with Crippen molar-refractivity contribution in [3.63, 3.8) is 0 Å². The van der Waals surface area contributed by atoms with E-state index < -0.39 is 17.6 Å². The molecular formula is C31H28ClF4N5. The van der Waals surface area contributed by atoms with Gasteiger partial charge in [-0.25, -0.2) is 14.1 Å². The van der Waals surface area contributed by atoms with Crippen LogP contribution in [0.2, 0.25) is 5.02 Å². The van der Waals surface area contributed by atoms with Crippen LogP contribution in [-0.2, 0) is 32.0 Å². The van der Waals surface area contributed by atoms with Gasteiger partial charge in [0.2, 0.25) is 0 Å². The van der Waals surface area contributed by atoms with Gasteiger partial charge in [-0.3, -0.25) is 0 Å². The molecule has 6 rings (SSSR count). The van der Waals surface area contributed by atoms with Gasteiger partial charge < -0.3 is 9.88 Å². The van der Waals surface area contributed by atoms with Crippen molar-refractivity contribution < 1.29 is 17.6 Å². The molecule has 1 N–H and O–H groups in total. The molecule has 10 heteroatoms. The van der Waals surface area contributed by atoms with Crippen molar-refractivity contribution in [3.8, 4) is 16.9 Å². The molecule has 2 aromatic carbocycles. The number of hydrogen-bond acceptors (Lipinski definition) is 3. The van der Waals surface area contributed by atoms with Crippen molar-refractivity contribution in [1.29, 1.82) is 0 Å². The van der Waals surface area contributed by atoms with Gasteiger partial charge in [0.15, 0.2) is 11.6 Å². The molecule has 41 heavy (non-hydrogen) atoms. The molecule has 0 atom stereocenters. The highest BCUT2D eigenvalue weighted by Gasteiger charge is 2.34. The molecule has 0 saturated heterocycles. The van der Waals surface area contributed by atoms with Crippen molar-refractivity contribution in [2.75, 3.05) is 11.4 Å². The van der Waals surface area contributed by atoms with Crippen LogP contribution in [0.3, 0.4) is 0 Å². The van der Waals surface area contributed by atoms with Crippen LogP contribution in [0.4, 0.5) is 23.4 Å². The number of aromatic amines is 1. The number of pyridine rings is 1. The first-order chi connectivity index (χ1) is 19.6. The number of rotatable bonds is 5. The number of H-pyrrole nitrogens is 1. The number of anilines is 1. The molecule has 1 aliphatic heterocycles. The summed E-state index contributed by atoms with van der Waals surface area (Å²) in [4.78, 5) is 8.89. The van der Waals surface area contributed by atoms with E-state index in [1.54, 1.807) is 4.90 Å². The Kier molecular flexibility index (Phi) is 6.80. The van der Waals surface area contributed by atoms with Gasteiger partial charge in [0.05, 0.1) is 28.2 Å². The third kappa shape index (κ3) is 4.56. The summed E-state index contributed by atoms with van der Waals surface area (Å²) in [5.41, 5.74) is 7.45. The molecule has 0 bridgehead atoms. The van der Waals surface area contributed by atoms with Gasteiger partial charge in [0.25, 0.3) is 0 Å². The van der Waals surface area contributed by atoms with Crippen molar-refractivity contribution in [3.05, 3.63) is 93.1 Å². The first kappa shape index (κ1) is 27.3. The summed E-state index contributed by atoms with van der Waals surface area (Å²) in [6, 6.07) is 10.7. The quantitative estimate of drug-likeness (QED) is 0.213. The molecule has 5 aromatic rings. The van der Waals surface area contributed by atoms with E-state index in [0.29, 0.717) is 30.3 Å². The number of benzene rings is 2. The zero-order chi connectivity index (χ0) is 29.1. The minimum Gasteiger partial charge on any atom is -0.361 e. The van der Waals surface area contributed by atoms with Gasteiger partial charge in [0, 0.05) is 53.4 Å². The monoisotopic (exact) mass is 581 g/mol. The normalized spacial score (nSPS) is 13.7. The SMILES string of the molecule is CCc1cccc(CC)c1-n1nc2c(c1-c1cc(Cl)c(C)c3[nH]ccc13)CN(c1ncc(C(F)(F)F)cc1F)CC2. The van der Waals surface area contributed by atoms with E-state index in [9.17, 15) is 13.2 Å². The molecule has 1 aliphatic rings. The zero-order valence-electron chi connectivity index (χ0n) is 22.8. The Bertz CT molecular complexity index is 1760. The third-order valence-electron chi connectivity index (χ3n) is 7.96. The Balaban J connectivity index is 1.58. The van der Waals surface area contributed by atoms with E-state index in [0.717, 1.165) is 68.6 Å². The summed E-state index contributed by atoms with van der Waals surface area (Å²) in [5, 5.41) is 6.70. The van der Waals surface area contributed by atoms with Gasteiger partial charge in [-0.2, -0.15) is 18.3 Å². The Morgan fingerprint density at radius 3 is 2.46 bits per heavy atom. The van der Waals surface area contributed by atoms with E-state index in [2.05, 4.69) is 42.0 Å². The van der Waals surface area contributed by atoms with E-state index in [1.165, 1.54) is 0 Å². The lowest BCUT2D eigenvalue weighted by Crippen LogP contribution is -2.32. The second-order valence-electron chi connectivity index (χ2n) is 10.3. The predicted molar refractivity (Wildman–Crippen MR) is 153 cm³/mol. The standard InChI is InChI=1S/C31H28ClF4N5/c1-4-18-7-6-8-19(5-2)28(18)41-29(22-14-24(32)17(3)27-21(22)9-11-37-27)23-16-40(12-10-26(23)39-41)30-25(33)13-20(15-38-30)31(34,35)36/h6-9,11,13-15,37H,4-5,10,12,16H2,1-3H3. The van der Waals surface area contributed by atoms with Crippen LogP contribution in [0, 0.1) is 12.7 Å². The number of fused-ring (bicyclic) bond motifs is 2. The Hall–Kier alpha value is -3.85. The average Bonchev–Trinajstić information content (AvgIpc) is 3.59. The summed E-state index contributed by atoms with van der Waals surface area (Å²) in [6.07, 6.45) is -0.0419. The number of hydrogen-bond donors (Lipinski definition) is 1. The van der Waals surface area contributed by atoms with E-state index in [-0.39, 0.29) is 12.4 Å². The van der Waals surface area contributed by atoms with Crippen LogP contribution in [0.25, 0.3) is 27.8 Å². The molecule has 0 unspecified atom stereocenters. The van der Waals surface area contributed by atoms with Crippen molar-refractivity contribution in [2.24, 2.45) is 0 Å². The first-order valence-corrected chi connectivity index (χ1v) is 14.0. The van der Waals surface area contributed by atoms with Crippen molar-refractivity contribution in [1.82, 2.24) is 19.7 Å². The van der Waals surface area contributed by atoms with Crippen LogP contribution >= 0.6 is 11.6 Å². The number of halogens is 5. The maximum Gasteiger partial charge on any atom is 0.417 e. The largest absolute Gasteiger partial charge is 0.417 e. The summed E-state index contributed by atoms with van der Waals surface area (Å²) < 4.78 is 56.6. The van der Waals surface area contributed by atoms with Gasteiger partial charge in [-0.05, 0) is 54.7 Å². The maximum atomic E-state index is 15.0. The van der Waals surface area contributed by atoms with E-state index in [4.69, 9.17) is 16.7 Å². The number of nitrogens with one attached hydrogen (secondary N) is 1. The highest BCUT2D eigenvalue weighted by Crippen LogP contribution is 2.41. The first-order valence-electron chi connectivity index (χ1n) is 13.6. The lowest BCUT2D eigenvalue weighted by atomic mass is 9.96. The lowest BCUT2D eigenvalue weighted by molar-refractivity contribution is -0.138. The van der Waals surface area contributed by atoms with Crippen LogP contribution in [-0.4, -0.2) is 26.3 Å². The van der Waals surface area contributed by atoms with Crippen LogP contribution in [0.1, 0.15) is 47.4 Å². The minimum absolute atomic E-state index is 0.112. The third-order valence-corrected chi connectivity index (χ3v) is 8.35. The van der Waals surface area contributed by atoms with Gasteiger partial charge >= 0.3 is 6.18 Å². The average molecular weight is 582 g/mol. The fraction of sp³-hybridized carbons (Fsp3) is 0.290. The smallest absolute Gasteiger partial charge is 0.361 e. The molecule has 212 valence electrons. The fourth-order valence-corrected chi connectivity index (χ4v) is 6.03. The summed E-state index contributed by atoms with van der Waals surface area (Å²) in [5.74, 6) is -1.12. The Morgan fingerprint density at radius 2 is 1.80 bits per heavy atom. The molecule has 0 amide bonds. The van der Waals surface area contributed by atoms with Gasteiger partial charge in [0.1, 0.15) is 0 Å². The van der Waals surface area contributed by atoms with Crippen LogP contribution < -0.4 is 4.90 Å². The fourth-order valence-electron chi connectivity index (χ4n) is 5.83. The van der Waals surface area contributed by atoms with Crippen molar-refractivity contribution >= 4 is 28.3 Å². The molecule has 5 nitrogen and oxygen atoms in total. The summed E-state index contributed by atoms with van der Waals surface area (Å²) in [7, 11) is 0. The molecule has 0 radical (unpaired) electrons. The van der Waals surface area contributed by atoms with E-state index in [1.807, 2.05) is 29.9 Å². The highest BCUT2D eigenvalue weighted by molar-refractivity contribution is 6.33. The van der Waals surface area contributed by atoms with Gasteiger partial charge in [-0.15, -0.1) is 0 Å². The summed E-state index contributed by atoms with van der Waals surface area (Å²) in [6.45, 7) is 6.76. The minimum atomic E-state index is -4.67. The molecule has 0 saturated carbocycles. The Labute approximate surface area is 239 Å². The molecular weight excluding hydrogens is 554 g/mol. The number of aromatic nitrogens is 4. The second-order valence-corrected chi connectivity index (χ2v) is 10.7. The van der Waals surface area contributed by atoms with E-state index >= 15 is 4.39 Å². The molecule has 0 aliphatic carbocycles.